The number of amides is 1. The van der Waals surface area contributed by atoms with E-state index in [2.05, 4.69) is 0 Å². The molecule has 0 radical (unpaired) electrons. The maximum Gasteiger partial charge on any atom is 0.225 e. The minimum Gasteiger partial charge on any atom is -0.341 e. The number of ketones is 1. The molecule has 90 valence electrons. The smallest absolute Gasteiger partial charge is 0.225 e. The van der Waals surface area contributed by atoms with Crippen LogP contribution in [0.25, 0.3) is 0 Å². The second-order valence-corrected chi connectivity index (χ2v) is 4.72. The summed E-state index contributed by atoms with van der Waals surface area (Å²) in [4.78, 5) is 24.6. The average Bonchev–Trinajstić information content (AvgIpc) is 3.12. The SMILES string of the molecule is CC(=O)c1ccc(CN(C)C(=O)C2CC2)cc1. The monoisotopic (exact) mass is 231 g/mol. The highest BCUT2D eigenvalue weighted by Crippen LogP contribution is 2.30. The summed E-state index contributed by atoms with van der Waals surface area (Å²) in [5, 5.41) is 0. The van der Waals surface area contributed by atoms with Crippen LogP contribution in [0.5, 0.6) is 0 Å². The molecule has 1 aromatic rings. The lowest BCUT2D eigenvalue weighted by molar-refractivity contribution is -0.131. The van der Waals surface area contributed by atoms with Gasteiger partial charge in [0.1, 0.15) is 0 Å². The van der Waals surface area contributed by atoms with E-state index >= 15 is 0 Å². The molecule has 0 unspecified atom stereocenters. The van der Waals surface area contributed by atoms with Crippen LogP contribution in [0.15, 0.2) is 24.3 Å². The van der Waals surface area contributed by atoms with Crippen LogP contribution in [-0.4, -0.2) is 23.6 Å². The third-order valence-electron chi connectivity index (χ3n) is 3.08. The van der Waals surface area contributed by atoms with Gasteiger partial charge in [-0.1, -0.05) is 24.3 Å². The fourth-order valence-corrected chi connectivity index (χ4v) is 1.84. The molecule has 0 aliphatic heterocycles. The molecule has 1 saturated carbocycles. The van der Waals surface area contributed by atoms with Crippen LogP contribution >= 0.6 is 0 Å². The Bertz CT molecular complexity index is 432. The van der Waals surface area contributed by atoms with Crippen molar-refractivity contribution < 1.29 is 9.59 Å². The van der Waals surface area contributed by atoms with Gasteiger partial charge in [-0.3, -0.25) is 9.59 Å². The van der Waals surface area contributed by atoms with E-state index < -0.39 is 0 Å². The predicted octanol–water partition coefficient (Wildman–Crippen LogP) is 2.26. The van der Waals surface area contributed by atoms with E-state index in [1.54, 1.807) is 11.8 Å². The Hall–Kier alpha value is -1.64. The largest absolute Gasteiger partial charge is 0.341 e. The minimum atomic E-state index is 0.0685. The molecule has 3 nitrogen and oxygen atoms in total. The quantitative estimate of drug-likeness (QED) is 0.745. The van der Waals surface area contributed by atoms with Crippen LogP contribution in [-0.2, 0) is 11.3 Å². The van der Waals surface area contributed by atoms with Crippen molar-refractivity contribution in [2.24, 2.45) is 5.92 Å². The Morgan fingerprint density at radius 3 is 2.29 bits per heavy atom. The van der Waals surface area contributed by atoms with Gasteiger partial charge in [0.15, 0.2) is 5.78 Å². The van der Waals surface area contributed by atoms with Crippen molar-refractivity contribution in [3.63, 3.8) is 0 Å². The minimum absolute atomic E-state index is 0.0685. The molecule has 0 spiro atoms. The van der Waals surface area contributed by atoms with Gasteiger partial charge in [0.05, 0.1) is 0 Å². The molecular formula is C14H17NO2. The highest BCUT2D eigenvalue weighted by molar-refractivity contribution is 5.94. The number of rotatable bonds is 4. The van der Waals surface area contributed by atoms with Crippen LogP contribution in [0.3, 0.4) is 0 Å². The van der Waals surface area contributed by atoms with Gasteiger partial charge < -0.3 is 4.90 Å². The molecule has 1 aliphatic carbocycles. The molecule has 1 aliphatic rings. The maximum atomic E-state index is 11.8. The molecule has 1 aromatic carbocycles. The summed E-state index contributed by atoms with van der Waals surface area (Å²) in [5.41, 5.74) is 1.77. The number of hydrogen-bond acceptors (Lipinski definition) is 2. The average molecular weight is 231 g/mol. The van der Waals surface area contributed by atoms with Crippen LogP contribution in [0.4, 0.5) is 0 Å². The second-order valence-electron chi connectivity index (χ2n) is 4.72. The Labute approximate surface area is 101 Å². The van der Waals surface area contributed by atoms with Gasteiger partial charge in [0.2, 0.25) is 5.91 Å². The molecule has 1 fully saturated rings. The van der Waals surface area contributed by atoms with Gasteiger partial charge in [0, 0.05) is 25.1 Å². The number of carbonyl (C=O) groups is 2. The standard InChI is InChI=1S/C14H17NO2/c1-10(16)12-5-3-11(4-6-12)9-15(2)14(17)13-7-8-13/h3-6,13H,7-9H2,1-2H3. The fraction of sp³-hybridized carbons (Fsp3) is 0.429. The van der Waals surface area contributed by atoms with Crippen molar-refractivity contribution in [3.8, 4) is 0 Å². The summed E-state index contributed by atoms with van der Waals surface area (Å²) in [5.74, 6) is 0.566. The molecule has 17 heavy (non-hydrogen) atoms. The summed E-state index contributed by atoms with van der Waals surface area (Å²) in [6.07, 6.45) is 2.07. The number of hydrogen-bond donors (Lipinski definition) is 0. The van der Waals surface area contributed by atoms with E-state index in [0.29, 0.717) is 12.1 Å². The lowest BCUT2D eigenvalue weighted by atomic mass is 10.1. The lowest BCUT2D eigenvalue weighted by Gasteiger charge is -2.17. The molecule has 0 bridgehead atoms. The highest BCUT2D eigenvalue weighted by atomic mass is 16.2. The zero-order valence-electron chi connectivity index (χ0n) is 10.3. The topological polar surface area (TPSA) is 37.4 Å². The second kappa shape index (κ2) is 4.70. The van der Waals surface area contributed by atoms with E-state index in [1.165, 1.54) is 0 Å². The molecule has 0 atom stereocenters. The van der Waals surface area contributed by atoms with Gasteiger partial charge in [-0.05, 0) is 25.3 Å². The first-order valence-corrected chi connectivity index (χ1v) is 5.93. The van der Waals surface area contributed by atoms with Crippen molar-refractivity contribution >= 4 is 11.7 Å². The lowest BCUT2D eigenvalue weighted by Crippen LogP contribution is -2.27. The van der Waals surface area contributed by atoms with Crippen molar-refractivity contribution in [2.75, 3.05) is 7.05 Å². The van der Waals surface area contributed by atoms with Crippen molar-refractivity contribution in [2.45, 2.75) is 26.3 Å². The van der Waals surface area contributed by atoms with E-state index in [-0.39, 0.29) is 17.6 Å². The van der Waals surface area contributed by atoms with E-state index in [0.717, 1.165) is 18.4 Å². The summed E-state index contributed by atoms with van der Waals surface area (Å²) in [6.45, 7) is 2.17. The van der Waals surface area contributed by atoms with Gasteiger partial charge in [-0.2, -0.15) is 0 Å². The van der Waals surface area contributed by atoms with Gasteiger partial charge >= 0.3 is 0 Å². The Morgan fingerprint density at radius 1 is 1.24 bits per heavy atom. The highest BCUT2D eigenvalue weighted by Gasteiger charge is 2.31. The van der Waals surface area contributed by atoms with E-state index in [9.17, 15) is 9.59 Å². The Morgan fingerprint density at radius 2 is 1.82 bits per heavy atom. The zero-order chi connectivity index (χ0) is 12.4. The van der Waals surface area contributed by atoms with Crippen LogP contribution < -0.4 is 0 Å². The third-order valence-corrected chi connectivity index (χ3v) is 3.08. The predicted molar refractivity (Wildman–Crippen MR) is 65.6 cm³/mol. The van der Waals surface area contributed by atoms with E-state index in [4.69, 9.17) is 0 Å². The van der Waals surface area contributed by atoms with Gasteiger partial charge in [0.25, 0.3) is 0 Å². The van der Waals surface area contributed by atoms with Crippen molar-refractivity contribution in [1.82, 2.24) is 4.90 Å². The number of benzene rings is 1. The molecule has 1 amide bonds. The molecule has 0 N–H and O–H groups in total. The number of Topliss-reactive ketones (excluding diaryl/α,β-unsaturated/α-hetero) is 1. The number of carbonyl (C=O) groups excluding carboxylic acids is 2. The van der Waals surface area contributed by atoms with Crippen LogP contribution in [0, 0.1) is 5.92 Å². The molecule has 3 heteroatoms. The molecule has 2 rings (SSSR count). The van der Waals surface area contributed by atoms with Crippen LogP contribution in [0.1, 0.15) is 35.7 Å². The Balaban J connectivity index is 1.98. The summed E-state index contributed by atoms with van der Waals surface area (Å²) in [6, 6.07) is 7.45. The van der Waals surface area contributed by atoms with Crippen LogP contribution in [0.2, 0.25) is 0 Å². The Kier molecular flexibility index (Phi) is 3.27. The molecule has 0 aromatic heterocycles. The first-order valence-electron chi connectivity index (χ1n) is 5.93. The normalized spacial score (nSPS) is 14.5. The number of nitrogens with zero attached hydrogens (tertiary/aromatic N) is 1. The van der Waals surface area contributed by atoms with Crippen molar-refractivity contribution in [3.05, 3.63) is 35.4 Å². The fourth-order valence-electron chi connectivity index (χ4n) is 1.84. The summed E-state index contributed by atoms with van der Waals surface area (Å²) in [7, 11) is 1.83. The van der Waals surface area contributed by atoms with E-state index in [1.807, 2.05) is 31.3 Å². The van der Waals surface area contributed by atoms with Crippen molar-refractivity contribution in [1.29, 1.82) is 0 Å². The summed E-state index contributed by atoms with van der Waals surface area (Å²) >= 11 is 0. The summed E-state index contributed by atoms with van der Waals surface area (Å²) < 4.78 is 0. The third kappa shape index (κ3) is 2.93. The van der Waals surface area contributed by atoms with Gasteiger partial charge in [-0.25, -0.2) is 0 Å². The van der Waals surface area contributed by atoms with Gasteiger partial charge in [-0.15, -0.1) is 0 Å². The molecular weight excluding hydrogens is 214 g/mol. The first-order chi connectivity index (χ1) is 8.08. The molecule has 0 heterocycles. The maximum absolute atomic E-state index is 11.8. The molecule has 0 saturated heterocycles. The zero-order valence-corrected chi connectivity index (χ0v) is 10.3. The first kappa shape index (κ1) is 11.8.